The normalized spacial score (nSPS) is 9.89. The predicted octanol–water partition coefficient (Wildman–Crippen LogP) is 3.26. The minimum absolute atomic E-state index is 0.202. The maximum Gasteiger partial charge on any atom is 0.257 e. The minimum atomic E-state index is -0.266. The highest BCUT2D eigenvalue weighted by atomic mass is 32.1. The van der Waals surface area contributed by atoms with E-state index >= 15 is 0 Å². The quantitative estimate of drug-likeness (QED) is 0.592. The van der Waals surface area contributed by atoms with Gasteiger partial charge in [-0.05, 0) is 74.7 Å². The molecule has 0 unspecified atom stereocenters. The van der Waals surface area contributed by atoms with Gasteiger partial charge in [0.05, 0.1) is 0 Å². The average molecular weight is 401 g/mol. The molecular weight excluding hydrogens is 380 g/mol. The van der Waals surface area contributed by atoms with Crippen LogP contribution in [0.3, 0.4) is 0 Å². The van der Waals surface area contributed by atoms with Crippen LogP contribution in [0.5, 0.6) is 0 Å². The molecule has 0 radical (unpaired) electrons. The second kappa shape index (κ2) is 9.20. The van der Waals surface area contributed by atoms with Crippen LogP contribution < -0.4 is 21.3 Å². The van der Waals surface area contributed by atoms with Gasteiger partial charge in [-0.2, -0.15) is 0 Å². The summed E-state index contributed by atoms with van der Waals surface area (Å²) < 4.78 is 0. The molecule has 0 aliphatic heterocycles. The Hall–Kier alpha value is -2.84. The molecule has 0 saturated heterocycles. The third kappa shape index (κ3) is 6.76. The number of aryl methyl sites for hydroxylation is 2. The monoisotopic (exact) mass is 400 g/mol. The number of nitrogens with one attached hydrogen (secondary N) is 4. The van der Waals surface area contributed by atoms with Gasteiger partial charge < -0.3 is 16.0 Å². The van der Waals surface area contributed by atoms with Crippen molar-refractivity contribution in [3.8, 4) is 0 Å². The molecule has 0 atom stereocenters. The molecule has 8 heteroatoms. The number of anilines is 2. The molecule has 0 bridgehead atoms. The second-order valence-electron chi connectivity index (χ2n) is 6.00. The Labute approximate surface area is 168 Å². The van der Waals surface area contributed by atoms with E-state index in [2.05, 4.69) is 21.3 Å². The van der Waals surface area contributed by atoms with Crippen LogP contribution in [-0.2, 0) is 4.79 Å². The third-order valence-electron chi connectivity index (χ3n) is 3.40. The zero-order chi connectivity index (χ0) is 20.0. The average Bonchev–Trinajstić information content (AvgIpc) is 2.54. The summed E-state index contributed by atoms with van der Waals surface area (Å²) in [6.07, 6.45) is 0. The Morgan fingerprint density at radius 1 is 0.778 bits per heavy atom. The SMILES string of the molecule is CC(=O)NC(=S)Nc1ccc(NC(=S)NC(=O)c2cc(C)cc(C)c2)cc1. The predicted molar refractivity (Wildman–Crippen MR) is 116 cm³/mol. The van der Waals surface area contributed by atoms with E-state index < -0.39 is 0 Å². The van der Waals surface area contributed by atoms with Crippen molar-refractivity contribution in [2.45, 2.75) is 20.8 Å². The first-order chi connectivity index (χ1) is 12.7. The van der Waals surface area contributed by atoms with Crippen LogP contribution in [0.15, 0.2) is 42.5 Å². The van der Waals surface area contributed by atoms with Crippen LogP contribution in [-0.4, -0.2) is 22.0 Å². The van der Waals surface area contributed by atoms with Gasteiger partial charge in [0.1, 0.15) is 0 Å². The summed E-state index contributed by atoms with van der Waals surface area (Å²) in [7, 11) is 0. The number of rotatable bonds is 3. The molecule has 0 aliphatic carbocycles. The van der Waals surface area contributed by atoms with Crippen LogP contribution in [0.25, 0.3) is 0 Å². The smallest absolute Gasteiger partial charge is 0.257 e. The molecule has 2 aromatic rings. The number of benzene rings is 2. The van der Waals surface area contributed by atoms with Gasteiger partial charge in [-0.15, -0.1) is 0 Å². The maximum absolute atomic E-state index is 12.3. The van der Waals surface area contributed by atoms with Gasteiger partial charge in [0.25, 0.3) is 5.91 Å². The molecule has 0 heterocycles. The lowest BCUT2D eigenvalue weighted by atomic mass is 10.1. The van der Waals surface area contributed by atoms with Gasteiger partial charge in [-0.1, -0.05) is 17.2 Å². The molecule has 6 nitrogen and oxygen atoms in total. The van der Waals surface area contributed by atoms with Crippen molar-refractivity contribution >= 4 is 57.8 Å². The minimum Gasteiger partial charge on any atom is -0.332 e. The van der Waals surface area contributed by atoms with Crippen LogP contribution >= 0.6 is 24.4 Å². The number of thiocarbonyl (C=S) groups is 2. The number of hydrogen-bond acceptors (Lipinski definition) is 4. The number of carbonyl (C=O) groups is 2. The lowest BCUT2D eigenvalue weighted by molar-refractivity contribution is -0.117. The number of amides is 2. The van der Waals surface area contributed by atoms with Gasteiger partial charge in [0, 0.05) is 23.9 Å². The van der Waals surface area contributed by atoms with E-state index in [4.69, 9.17) is 24.4 Å². The Balaban J connectivity index is 1.92. The van der Waals surface area contributed by atoms with Crippen molar-refractivity contribution < 1.29 is 9.59 Å². The Kier molecular flexibility index (Phi) is 6.98. The van der Waals surface area contributed by atoms with Crippen LogP contribution in [0.1, 0.15) is 28.4 Å². The van der Waals surface area contributed by atoms with Gasteiger partial charge in [0.15, 0.2) is 10.2 Å². The van der Waals surface area contributed by atoms with E-state index in [-0.39, 0.29) is 22.0 Å². The second-order valence-corrected chi connectivity index (χ2v) is 6.81. The molecule has 0 aromatic heterocycles. The summed E-state index contributed by atoms with van der Waals surface area (Å²) in [6.45, 7) is 5.26. The zero-order valence-electron chi connectivity index (χ0n) is 15.2. The van der Waals surface area contributed by atoms with Crippen molar-refractivity contribution in [2.75, 3.05) is 10.6 Å². The highest BCUT2D eigenvalue weighted by Gasteiger charge is 2.09. The molecule has 0 aliphatic rings. The van der Waals surface area contributed by atoms with E-state index in [1.54, 1.807) is 24.3 Å². The van der Waals surface area contributed by atoms with E-state index in [1.807, 2.05) is 32.0 Å². The van der Waals surface area contributed by atoms with E-state index in [1.165, 1.54) is 6.92 Å². The first kappa shape index (κ1) is 20.5. The standard InChI is InChI=1S/C19H20N4O2S2/c1-11-8-12(2)10-14(9-11)17(25)23-19(27)22-16-6-4-15(5-7-16)21-18(26)20-13(3)24/h4-10H,1-3H3,(H2,20,21,24,26)(H2,22,23,25,27). The molecule has 2 rings (SSSR count). The summed E-state index contributed by atoms with van der Waals surface area (Å²) in [6, 6.07) is 12.7. The molecular formula is C19H20N4O2S2. The summed E-state index contributed by atoms with van der Waals surface area (Å²) in [5.41, 5.74) is 4.00. The molecule has 0 spiro atoms. The van der Waals surface area contributed by atoms with Gasteiger partial charge in [-0.25, -0.2) is 0 Å². The molecule has 27 heavy (non-hydrogen) atoms. The first-order valence-corrected chi connectivity index (χ1v) is 8.94. The summed E-state index contributed by atoms with van der Waals surface area (Å²) >= 11 is 10.2. The maximum atomic E-state index is 12.3. The van der Waals surface area contributed by atoms with E-state index in [0.717, 1.165) is 11.1 Å². The number of hydrogen-bond donors (Lipinski definition) is 4. The fourth-order valence-corrected chi connectivity index (χ4v) is 2.87. The summed E-state index contributed by atoms with van der Waals surface area (Å²) in [5.74, 6) is -0.506. The molecule has 140 valence electrons. The molecule has 2 aromatic carbocycles. The van der Waals surface area contributed by atoms with Crippen LogP contribution in [0, 0.1) is 13.8 Å². The zero-order valence-corrected chi connectivity index (χ0v) is 16.8. The summed E-state index contributed by atoms with van der Waals surface area (Å²) in [4.78, 5) is 23.3. The van der Waals surface area contributed by atoms with Crippen LogP contribution in [0.2, 0.25) is 0 Å². The van der Waals surface area contributed by atoms with Gasteiger partial charge >= 0.3 is 0 Å². The Bertz CT molecular complexity index is 875. The molecule has 4 N–H and O–H groups in total. The van der Waals surface area contributed by atoms with Crippen molar-refractivity contribution in [3.63, 3.8) is 0 Å². The van der Waals surface area contributed by atoms with Crippen molar-refractivity contribution in [1.29, 1.82) is 0 Å². The lowest BCUT2D eigenvalue weighted by Crippen LogP contribution is -2.34. The molecule has 0 fully saturated rings. The third-order valence-corrected chi connectivity index (χ3v) is 3.81. The first-order valence-electron chi connectivity index (χ1n) is 8.12. The summed E-state index contributed by atoms with van der Waals surface area (Å²) in [5, 5.41) is 11.4. The molecule has 0 saturated carbocycles. The van der Waals surface area contributed by atoms with Crippen molar-refractivity contribution in [2.24, 2.45) is 0 Å². The fraction of sp³-hybridized carbons (Fsp3) is 0.158. The van der Waals surface area contributed by atoms with Gasteiger partial charge in [-0.3, -0.25) is 14.9 Å². The van der Waals surface area contributed by atoms with E-state index in [9.17, 15) is 9.59 Å². The molecule has 2 amide bonds. The topological polar surface area (TPSA) is 82.3 Å². The Morgan fingerprint density at radius 2 is 1.22 bits per heavy atom. The van der Waals surface area contributed by atoms with E-state index in [0.29, 0.717) is 16.9 Å². The Morgan fingerprint density at radius 3 is 1.67 bits per heavy atom. The van der Waals surface area contributed by atoms with Crippen molar-refractivity contribution in [3.05, 3.63) is 59.2 Å². The largest absolute Gasteiger partial charge is 0.332 e. The highest BCUT2D eigenvalue weighted by molar-refractivity contribution is 7.80. The fourth-order valence-electron chi connectivity index (χ4n) is 2.40. The van der Waals surface area contributed by atoms with Crippen LogP contribution in [0.4, 0.5) is 11.4 Å². The lowest BCUT2D eigenvalue weighted by Gasteiger charge is -2.12. The highest BCUT2D eigenvalue weighted by Crippen LogP contribution is 2.14. The van der Waals surface area contributed by atoms with Gasteiger partial charge in [0.2, 0.25) is 5.91 Å². The number of carbonyl (C=O) groups excluding carboxylic acids is 2. The van der Waals surface area contributed by atoms with Crippen molar-refractivity contribution in [1.82, 2.24) is 10.6 Å².